The van der Waals surface area contributed by atoms with Gasteiger partial charge in [-0.1, -0.05) is 15.9 Å². The van der Waals surface area contributed by atoms with Crippen molar-refractivity contribution >= 4 is 43.4 Å². The van der Waals surface area contributed by atoms with E-state index >= 15 is 0 Å². The van der Waals surface area contributed by atoms with Crippen molar-refractivity contribution in [3.63, 3.8) is 0 Å². The van der Waals surface area contributed by atoms with Crippen LogP contribution < -0.4 is 5.32 Å². The van der Waals surface area contributed by atoms with Crippen LogP contribution >= 0.6 is 31.9 Å². The molecule has 0 aliphatic carbocycles. The van der Waals surface area contributed by atoms with Crippen LogP contribution in [0.15, 0.2) is 45.7 Å². The van der Waals surface area contributed by atoms with Crippen LogP contribution in [0.4, 0.5) is 11.5 Å². The molecule has 0 aliphatic rings. The molecule has 0 spiro atoms. The molecule has 0 atom stereocenters. The topological polar surface area (TPSA) is 37.8 Å². The molecule has 1 aromatic carbocycles. The van der Waals surface area contributed by atoms with Gasteiger partial charge < -0.3 is 5.32 Å². The van der Waals surface area contributed by atoms with Crippen LogP contribution in [0.3, 0.4) is 0 Å². The molecule has 3 nitrogen and oxygen atoms in total. The zero-order chi connectivity index (χ0) is 10.7. The summed E-state index contributed by atoms with van der Waals surface area (Å²) in [4.78, 5) is 8.05. The summed E-state index contributed by atoms with van der Waals surface area (Å²) in [5.74, 6) is 0.763. The highest BCUT2D eigenvalue weighted by atomic mass is 79.9. The second kappa shape index (κ2) is 4.72. The Morgan fingerprint density at radius 3 is 2.40 bits per heavy atom. The first-order chi connectivity index (χ1) is 7.24. The Kier molecular flexibility index (Phi) is 3.33. The molecule has 0 saturated carbocycles. The highest BCUT2D eigenvalue weighted by Crippen LogP contribution is 2.18. The first-order valence-electron chi connectivity index (χ1n) is 4.24. The smallest absolute Gasteiger partial charge is 0.134 e. The Hall–Kier alpha value is -0.940. The van der Waals surface area contributed by atoms with Gasteiger partial charge >= 0.3 is 0 Å². The van der Waals surface area contributed by atoms with Gasteiger partial charge in [-0.2, -0.15) is 0 Å². The van der Waals surface area contributed by atoms with Gasteiger partial charge in [-0.05, 0) is 40.2 Å². The van der Waals surface area contributed by atoms with Gasteiger partial charge in [-0.25, -0.2) is 9.97 Å². The number of nitrogens with one attached hydrogen (secondary N) is 1. The monoisotopic (exact) mass is 327 g/mol. The molecule has 76 valence electrons. The summed E-state index contributed by atoms with van der Waals surface area (Å²) in [6, 6.07) is 9.71. The number of rotatable bonds is 2. The van der Waals surface area contributed by atoms with Crippen LogP contribution in [-0.2, 0) is 0 Å². The van der Waals surface area contributed by atoms with Crippen molar-refractivity contribution in [2.24, 2.45) is 0 Å². The van der Waals surface area contributed by atoms with Crippen molar-refractivity contribution in [1.82, 2.24) is 9.97 Å². The van der Waals surface area contributed by atoms with Gasteiger partial charge in [0.15, 0.2) is 0 Å². The summed E-state index contributed by atoms with van der Waals surface area (Å²) < 4.78 is 1.81. The Bertz CT molecular complexity index is 456. The zero-order valence-corrected chi connectivity index (χ0v) is 10.8. The van der Waals surface area contributed by atoms with Crippen LogP contribution in [0.1, 0.15) is 0 Å². The number of halogens is 2. The Labute approximate surface area is 104 Å². The minimum Gasteiger partial charge on any atom is -0.340 e. The SMILES string of the molecule is Brc1ccc(Nc2cc(Br)ncn2)cc1. The van der Waals surface area contributed by atoms with E-state index in [1.165, 1.54) is 6.33 Å². The highest BCUT2D eigenvalue weighted by Gasteiger charge is 1.97. The van der Waals surface area contributed by atoms with Crippen molar-refractivity contribution in [3.8, 4) is 0 Å². The van der Waals surface area contributed by atoms with Crippen molar-refractivity contribution in [2.75, 3.05) is 5.32 Å². The molecule has 0 saturated heterocycles. The molecule has 2 aromatic rings. The zero-order valence-electron chi connectivity index (χ0n) is 7.61. The third-order valence-corrected chi connectivity index (χ3v) is 2.71. The lowest BCUT2D eigenvalue weighted by Gasteiger charge is -2.04. The average Bonchev–Trinajstić information content (AvgIpc) is 2.22. The van der Waals surface area contributed by atoms with Crippen molar-refractivity contribution in [2.45, 2.75) is 0 Å². The molecule has 0 amide bonds. The maximum atomic E-state index is 4.09. The summed E-state index contributed by atoms with van der Waals surface area (Å²) in [5, 5.41) is 3.17. The molecule has 15 heavy (non-hydrogen) atoms. The van der Waals surface area contributed by atoms with E-state index in [0.717, 1.165) is 20.6 Å². The number of aromatic nitrogens is 2. The molecule has 0 radical (unpaired) electrons. The lowest BCUT2D eigenvalue weighted by Crippen LogP contribution is -1.93. The Balaban J connectivity index is 2.18. The fourth-order valence-corrected chi connectivity index (χ4v) is 1.66. The number of benzene rings is 1. The van der Waals surface area contributed by atoms with E-state index in [2.05, 4.69) is 47.1 Å². The molecule has 0 bridgehead atoms. The molecule has 2 rings (SSSR count). The molecule has 1 heterocycles. The fourth-order valence-electron chi connectivity index (χ4n) is 1.08. The second-order valence-corrected chi connectivity index (χ2v) is 4.59. The number of hydrogen-bond acceptors (Lipinski definition) is 3. The first kappa shape index (κ1) is 10.6. The van der Waals surface area contributed by atoms with Gasteiger partial charge in [0.25, 0.3) is 0 Å². The molecular formula is C10H7Br2N3. The minimum atomic E-state index is 0.761. The maximum Gasteiger partial charge on any atom is 0.134 e. The molecule has 0 unspecified atom stereocenters. The van der Waals surface area contributed by atoms with Crippen molar-refractivity contribution < 1.29 is 0 Å². The third kappa shape index (κ3) is 3.00. The van der Waals surface area contributed by atoms with Gasteiger partial charge in [0, 0.05) is 16.2 Å². The number of nitrogens with zero attached hydrogens (tertiary/aromatic N) is 2. The van der Waals surface area contributed by atoms with Crippen LogP contribution in [0.2, 0.25) is 0 Å². The van der Waals surface area contributed by atoms with Crippen LogP contribution in [0.25, 0.3) is 0 Å². The van der Waals surface area contributed by atoms with Crippen LogP contribution in [0, 0.1) is 0 Å². The Morgan fingerprint density at radius 2 is 1.73 bits per heavy atom. The van der Waals surface area contributed by atoms with E-state index < -0.39 is 0 Å². The summed E-state index contributed by atoms with van der Waals surface area (Å²) in [7, 11) is 0. The predicted octanol–water partition coefficient (Wildman–Crippen LogP) is 3.75. The van der Waals surface area contributed by atoms with Crippen LogP contribution in [-0.4, -0.2) is 9.97 Å². The molecule has 5 heteroatoms. The van der Waals surface area contributed by atoms with Gasteiger partial charge in [0.05, 0.1) is 0 Å². The Morgan fingerprint density at radius 1 is 1.00 bits per heavy atom. The number of anilines is 2. The molecule has 1 N–H and O–H groups in total. The summed E-state index contributed by atoms with van der Waals surface area (Å²) in [6.07, 6.45) is 1.51. The predicted molar refractivity (Wildman–Crippen MR) is 67.2 cm³/mol. The van der Waals surface area contributed by atoms with E-state index in [9.17, 15) is 0 Å². The summed E-state index contributed by atoms with van der Waals surface area (Å²) in [6.45, 7) is 0. The quantitative estimate of drug-likeness (QED) is 0.853. The number of hydrogen-bond donors (Lipinski definition) is 1. The van der Waals surface area contributed by atoms with E-state index in [0.29, 0.717) is 0 Å². The van der Waals surface area contributed by atoms with Gasteiger partial charge in [-0.3, -0.25) is 0 Å². The summed E-state index contributed by atoms with van der Waals surface area (Å²) >= 11 is 6.67. The minimum absolute atomic E-state index is 0.761. The second-order valence-electron chi connectivity index (χ2n) is 2.86. The van der Waals surface area contributed by atoms with Crippen LogP contribution in [0.5, 0.6) is 0 Å². The normalized spacial score (nSPS) is 10.0. The van der Waals surface area contributed by atoms with Gasteiger partial charge in [0.1, 0.15) is 16.7 Å². The van der Waals surface area contributed by atoms with Crippen molar-refractivity contribution in [1.29, 1.82) is 0 Å². The van der Waals surface area contributed by atoms with Crippen molar-refractivity contribution in [3.05, 3.63) is 45.7 Å². The lowest BCUT2D eigenvalue weighted by molar-refractivity contribution is 1.14. The third-order valence-electron chi connectivity index (χ3n) is 1.75. The van der Waals surface area contributed by atoms with E-state index in [1.54, 1.807) is 0 Å². The molecule has 0 fully saturated rings. The highest BCUT2D eigenvalue weighted by molar-refractivity contribution is 9.10. The van der Waals surface area contributed by atoms with E-state index in [-0.39, 0.29) is 0 Å². The summed E-state index contributed by atoms with van der Waals surface area (Å²) in [5.41, 5.74) is 0.990. The van der Waals surface area contributed by atoms with Gasteiger partial charge in [-0.15, -0.1) is 0 Å². The fraction of sp³-hybridized carbons (Fsp3) is 0. The van der Waals surface area contributed by atoms with Gasteiger partial charge in [0.2, 0.25) is 0 Å². The average molecular weight is 329 g/mol. The first-order valence-corrected chi connectivity index (χ1v) is 5.83. The van der Waals surface area contributed by atoms with E-state index in [4.69, 9.17) is 0 Å². The standard InChI is InChI=1S/C10H7Br2N3/c11-7-1-3-8(4-2-7)15-10-5-9(12)13-6-14-10/h1-6H,(H,13,14,15). The largest absolute Gasteiger partial charge is 0.340 e. The lowest BCUT2D eigenvalue weighted by atomic mass is 10.3. The maximum absolute atomic E-state index is 4.09. The molecule has 0 aliphatic heterocycles. The molecule has 1 aromatic heterocycles. The van der Waals surface area contributed by atoms with E-state index in [1.807, 2.05) is 30.3 Å². The molecular weight excluding hydrogens is 322 g/mol.